The number of hydrogen-bond donors (Lipinski definition) is 3. The Labute approximate surface area is 116 Å². The Morgan fingerprint density at radius 2 is 1.95 bits per heavy atom. The Bertz CT molecular complexity index is 443. The predicted octanol–water partition coefficient (Wildman–Crippen LogP) is -0.768. The van der Waals surface area contributed by atoms with Crippen LogP contribution in [0.1, 0.15) is 13.3 Å². The second-order valence-electron chi connectivity index (χ2n) is 4.77. The first-order valence-corrected chi connectivity index (χ1v) is 6.29. The van der Waals surface area contributed by atoms with E-state index in [0.29, 0.717) is 6.54 Å². The SMILES string of the molecule is C#CCNC(=O)C(C)N1CCC(C(=O)O)C(C(=O)O)C1. The normalized spacial score (nSPS) is 24.4. The first-order chi connectivity index (χ1) is 9.38. The molecule has 1 rings (SSSR count). The summed E-state index contributed by atoms with van der Waals surface area (Å²) in [6.45, 7) is 2.16. The zero-order valence-corrected chi connectivity index (χ0v) is 11.2. The van der Waals surface area contributed by atoms with Crippen LogP contribution >= 0.6 is 0 Å². The molecule has 3 atom stereocenters. The lowest BCUT2D eigenvalue weighted by atomic mass is 9.85. The quantitative estimate of drug-likeness (QED) is 0.572. The van der Waals surface area contributed by atoms with Gasteiger partial charge >= 0.3 is 11.9 Å². The van der Waals surface area contributed by atoms with E-state index in [1.54, 1.807) is 11.8 Å². The van der Waals surface area contributed by atoms with Gasteiger partial charge in [0, 0.05) is 6.54 Å². The Morgan fingerprint density at radius 1 is 1.35 bits per heavy atom. The van der Waals surface area contributed by atoms with Crippen molar-refractivity contribution in [1.82, 2.24) is 10.2 Å². The maximum atomic E-state index is 11.8. The largest absolute Gasteiger partial charge is 0.481 e. The topological polar surface area (TPSA) is 107 Å². The van der Waals surface area contributed by atoms with Gasteiger partial charge < -0.3 is 15.5 Å². The summed E-state index contributed by atoms with van der Waals surface area (Å²) in [5.74, 6) is -2.19. The van der Waals surface area contributed by atoms with Crippen molar-refractivity contribution in [3.63, 3.8) is 0 Å². The van der Waals surface area contributed by atoms with E-state index < -0.39 is 29.8 Å². The maximum absolute atomic E-state index is 11.8. The second-order valence-corrected chi connectivity index (χ2v) is 4.77. The summed E-state index contributed by atoms with van der Waals surface area (Å²) in [6, 6.07) is -0.542. The van der Waals surface area contributed by atoms with Crippen molar-refractivity contribution in [2.24, 2.45) is 11.8 Å². The summed E-state index contributed by atoms with van der Waals surface area (Å²) < 4.78 is 0. The van der Waals surface area contributed by atoms with Gasteiger partial charge in [0.15, 0.2) is 0 Å². The Kier molecular flexibility index (Phi) is 5.53. The monoisotopic (exact) mass is 282 g/mol. The number of nitrogens with one attached hydrogen (secondary N) is 1. The van der Waals surface area contributed by atoms with Crippen LogP contribution in [-0.2, 0) is 14.4 Å². The molecule has 0 aromatic heterocycles. The Hall–Kier alpha value is -2.07. The third-order valence-corrected chi connectivity index (χ3v) is 3.57. The molecule has 0 aromatic rings. The van der Waals surface area contributed by atoms with Crippen molar-refractivity contribution in [1.29, 1.82) is 0 Å². The summed E-state index contributed by atoms with van der Waals surface area (Å²) in [5, 5.41) is 20.7. The van der Waals surface area contributed by atoms with E-state index >= 15 is 0 Å². The van der Waals surface area contributed by atoms with Gasteiger partial charge in [-0.25, -0.2) is 0 Å². The number of carboxylic acids is 2. The molecule has 7 heteroatoms. The van der Waals surface area contributed by atoms with Gasteiger partial charge in [0.25, 0.3) is 0 Å². The number of piperidine rings is 1. The smallest absolute Gasteiger partial charge is 0.308 e. The molecule has 1 aliphatic heterocycles. The van der Waals surface area contributed by atoms with Crippen molar-refractivity contribution in [2.45, 2.75) is 19.4 Å². The molecular formula is C13H18N2O5. The second kappa shape index (κ2) is 6.91. The molecule has 1 aliphatic rings. The van der Waals surface area contributed by atoms with E-state index in [9.17, 15) is 14.4 Å². The molecular weight excluding hydrogens is 264 g/mol. The molecule has 0 bridgehead atoms. The first kappa shape index (κ1) is 16.0. The molecule has 20 heavy (non-hydrogen) atoms. The molecule has 1 amide bonds. The van der Waals surface area contributed by atoms with Crippen LogP contribution in [0.15, 0.2) is 0 Å². The number of likely N-dealkylation sites (tertiary alicyclic amines) is 1. The van der Waals surface area contributed by atoms with Gasteiger partial charge in [0.1, 0.15) is 0 Å². The predicted molar refractivity (Wildman–Crippen MR) is 69.7 cm³/mol. The molecule has 0 aromatic carbocycles. The summed E-state index contributed by atoms with van der Waals surface area (Å²) >= 11 is 0. The highest BCUT2D eigenvalue weighted by atomic mass is 16.4. The lowest BCUT2D eigenvalue weighted by molar-refractivity contribution is -0.158. The highest BCUT2D eigenvalue weighted by Crippen LogP contribution is 2.25. The average Bonchev–Trinajstić information content (AvgIpc) is 2.42. The molecule has 0 spiro atoms. The molecule has 7 nitrogen and oxygen atoms in total. The fraction of sp³-hybridized carbons (Fsp3) is 0.615. The van der Waals surface area contributed by atoms with E-state index in [1.807, 2.05) is 0 Å². The number of nitrogens with zero attached hydrogens (tertiary/aromatic N) is 1. The molecule has 1 fully saturated rings. The summed E-state index contributed by atoms with van der Waals surface area (Å²) in [6.07, 6.45) is 5.25. The number of amides is 1. The minimum absolute atomic E-state index is 0.0386. The third-order valence-electron chi connectivity index (χ3n) is 3.57. The van der Waals surface area contributed by atoms with Gasteiger partial charge in [-0.3, -0.25) is 19.3 Å². The molecule has 0 saturated carbocycles. The minimum atomic E-state index is -1.15. The minimum Gasteiger partial charge on any atom is -0.481 e. The summed E-state index contributed by atoms with van der Waals surface area (Å²) in [7, 11) is 0. The van der Waals surface area contributed by atoms with Crippen LogP contribution in [0, 0.1) is 24.2 Å². The van der Waals surface area contributed by atoms with Crippen molar-refractivity contribution in [3.8, 4) is 12.3 Å². The van der Waals surface area contributed by atoms with Gasteiger partial charge in [-0.15, -0.1) is 6.42 Å². The molecule has 0 radical (unpaired) electrons. The maximum Gasteiger partial charge on any atom is 0.308 e. The number of carbonyl (C=O) groups excluding carboxylic acids is 1. The Balaban J connectivity index is 2.71. The van der Waals surface area contributed by atoms with E-state index in [0.717, 1.165) is 0 Å². The lowest BCUT2D eigenvalue weighted by Gasteiger charge is -2.37. The molecule has 1 heterocycles. The first-order valence-electron chi connectivity index (χ1n) is 6.29. The Morgan fingerprint density at radius 3 is 2.45 bits per heavy atom. The molecule has 110 valence electrons. The van der Waals surface area contributed by atoms with Crippen molar-refractivity contribution >= 4 is 17.8 Å². The zero-order valence-electron chi connectivity index (χ0n) is 11.2. The highest BCUT2D eigenvalue weighted by Gasteiger charge is 2.40. The van der Waals surface area contributed by atoms with E-state index in [-0.39, 0.29) is 25.4 Å². The van der Waals surface area contributed by atoms with Crippen LogP contribution < -0.4 is 5.32 Å². The van der Waals surface area contributed by atoms with E-state index in [4.69, 9.17) is 16.6 Å². The van der Waals surface area contributed by atoms with Gasteiger partial charge in [0.2, 0.25) is 5.91 Å². The summed E-state index contributed by atoms with van der Waals surface area (Å²) in [5.41, 5.74) is 0. The molecule has 1 saturated heterocycles. The molecule has 3 N–H and O–H groups in total. The molecule has 0 aliphatic carbocycles. The van der Waals surface area contributed by atoms with Gasteiger partial charge in [-0.1, -0.05) is 5.92 Å². The van der Waals surface area contributed by atoms with Gasteiger partial charge in [-0.05, 0) is 19.9 Å². The van der Waals surface area contributed by atoms with Crippen LogP contribution in [0.4, 0.5) is 0 Å². The van der Waals surface area contributed by atoms with Crippen molar-refractivity contribution < 1.29 is 24.6 Å². The number of aliphatic carboxylic acids is 2. The van der Waals surface area contributed by atoms with Crippen LogP contribution in [0.2, 0.25) is 0 Å². The van der Waals surface area contributed by atoms with Gasteiger partial charge in [0.05, 0.1) is 24.4 Å². The van der Waals surface area contributed by atoms with Crippen LogP contribution in [-0.4, -0.2) is 58.6 Å². The average molecular weight is 282 g/mol. The zero-order chi connectivity index (χ0) is 15.3. The standard InChI is InChI=1S/C13H18N2O5/c1-3-5-14-11(16)8(2)15-6-4-9(12(17)18)10(7-15)13(19)20/h1,8-10H,4-7H2,2H3,(H,14,16)(H,17,18)(H,19,20). The van der Waals surface area contributed by atoms with Crippen molar-refractivity contribution in [3.05, 3.63) is 0 Å². The van der Waals surface area contributed by atoms with E-state index in [2.05, 4.69) is 11.2 Å². The third kappa shape index (κ3) is 3.71. The lowest BCUT2D eigenvalue weighted by Crippen LogP contribution is -2.53. The van der Waals surface area contributed by atoms with Crippen LogP contribution in [0.5, 0.6) is 0 Å². The van der Waals surface area contributed by atoms with Crippen LogP contribution in [0.3, 0.4) is 0 Å². The van der Waals surface area contributed by atoms with E-state index in [1.165, 1.54) is 0 Å². The number of terminal acetylenes is 1. The number of carbonyl (C=O) groups is 3. The summed E-state index contributed by atoms with van der Waals surface area (Å²) in [4.78, 5) is 35.7. The number of carboxylic acid groups (broad SMARTS) is 2. The number of rotatable bonds is 5. The van der Waals surface area contributed by atoms with Gasteiger partial charge in [-0.2, -0.15) is 0 Å². The fourth-order valence-corrected chi connectivity index (χ4v) is 2.33. The number of hydrogen-bond acceptors (Lipinski definition) is 4. The molecule has 3 unspecified atom stereocenters. The highest BCUT2D eigenvalue weighted by molar-refractivity contribution is 5.82. The fourth-order valence-electron chi connectivity index (χ4n) is 2.33. The van der Waals surface area contributed by atoms with Crippen LogP contribution in [0.25, 0.3) is 0 Å². The van der Waals surface area contributed by atoms with Crippen molar-refractivity contribution in [2.75, 3.05) is 19.6 Å².